The minimum Gasteiger partial charge on any atom is -0.486 e. The zero-order valence-corrected chi connectivity index (χ0v) is 14.7. The van der Waals surface area contributed by atoms with Crippen molar-refractivity contribution in [3.8, 4) is 5.75 Å². The molecule has 2 aromatic carbocycles. The van der Waals surface area contributed by atoms with Crippen molar-refractivity contribution in [3.05, 3.63) is 81.6 Å². The summed E-state index contributed by atoms with van der Waals surface area (Å²) in [5.74, 6) is 1.67. The fraction of sp³-hybridized carbons (Fsp3) is 0.190. The first-order valence-corrected chi connectivity index (χ1v) is 8.39. The lowest BCUT2D eigenvalue weighted by Gasteiger charge is -2.08. The van der Waals surface area contributed by atoms with Crippen LogP contribution in [0.25, 0.3) is 12.3 Å². The van der Waals surface area contributed by atoms with E-state index in [1.807, 2.05) is 55.5 Å². The summed E-state index contributed by atoms with van der Waals surface area (Å²) in [6, 6.07) is 17.8. The quantitative estimate of drug-likeness (QED) is 0.797. The number of benzene rings is 2. The van der Waals surface area contributed by atoms with Gasteiger partial charge in [-0.25, -0.2) is 4.98 Å². The predicted octanol–water partition coefficient (Wildman–Crippen LogP) is 2.27. The molecular formula is C21H23N3O. The van der Waals surface area contributed by atoms with Gasteiger partial charge in [0.25, 0.3) is 0 Å². The molecule has 25 heavy (non-hydrogen) atoms. The van der Waals surface area contributed by atoms with Crippen LogP contribution in [-0.4, -0.2) is 9.55 Å². The molecule has 0 spiro atoms. The van der Waals surface area contributed by atoms with Crippen LogP contribution in [0.5, 0.6) is 5.75 Å². The molecule has 0 aliphatic rings. The highest BCUT2D eigenvalue weighted by Crippen LogP contribution is 2.11. The van der Waals surface area contributed by atoms with Gasteiger partial charge in [0.1, 0.15) is 23.5 Å². The van der Waals surface area contributed by atoms with Gasteiger partial charge in [-0.05, 0) is 31.2 Å². The van der Waals surface area contributed by atoms with E-state index in [0.717, 1.165) is 39.3 Å². The van der Waals surface area contributed by atoms with E-state index in [-0.39, 0.29) is 0 Å². The van der Waals surface area contributed by atoms with Gasteiger partial charge in [-0.2, -0.15) is 0 Å². The third-order valence-electron chi connectivity index (χ3n) is 4.12. The average molecular weight is 333 g/mol. The lowest BCUT2D eigenvalue weighted by atomic mass is 10.2. The summed E-state index contributed by atoms with van der Waals surface area (Å²) in [6.45, 7) is 9.28. The van der Waals surface area contributed by atoms with Crippen LogP contribution in [-0.2, 0) is 13.2 Å². The van der Waals surface area contributed by atoms with E-state index in [0.29, 0.717) is 12.3 Å². The first-order valence-electron chi connectivity index (χ1n) is 8.39. The normalized spacial score (nSPS) is 13.5. The summed E-state index contributed by atoms with van der Waals surface area (Å²) in [5.41, 5.74) is 6.81. The van der Waals surface area contributed by atoms with Crippen molar-refractivity contribution in [1.82, 2.24) is 9.55 Å². The summed E-state index contributed by atoms with van der Waals surface area (Å²) in [6.07, 6.45) is 0. The smallest absolute Gasteiger partial charge is 0.148 e. The molecule has 2 N–H and O–H groups in total. The molecule has 0 bridgehead atoms. The molecule has 0 radical (unpaired) electrons. The molecule has 0 amide bonds. The monoisotopic (exact) mass is 333 g/mol. The Morgan fingerprint density at radius 3 is 2.44 bits per heavy atom. The molecule has 1 aromatic heterocycles. The second-order valence-corrected chi connectivity index (χ2v) is 5.91. The van der Waals surface area contributed by atoms with Gasteiger partial charge in [0.05, 0.1) is 5.35 Å². The molecule has 1 heterocycles. The predicted molar refractivity (Wildman–Crippen MR) is 101 cm³/mol. The Bertz CT molecular complexity index is 1060. The third-order valence-corrected chi connectivity index (χ3v) is 4.12. The summed E-state index contributed by atoms with van der Waals surface area (Å²) >= 11 is 0. The molecule has 0 aliphatic carbocycles. The Hall–Kier alpha value is -3.01. The van der Waals surface area contributed by atoms with Gasteiger partial charge in [-0.1, -0.05) is 49.0 Å². The molecule has 3 aromatic rings. The highest BCUT2D eigenvalue weighted by atomic mass is 16.5. The number of aromatic nitrogens is 2. The fourth-order valence-electron chi connectivity index (χ4n) is 2.91. The number of rotatable bonds is 4. The Morgan fingerprint density at radius 2 is 1.80 bits per heavy atom. The summed E-state index contributed by atoms with van der Waals surface area (Å²) in [5, 5.41) is 3.79. The molecule has 0 aliphatic heterocycles. The van der Waals surface area contributed by atoms with Crippen LogP contribution in [0.3, 0.4) is 0 Å². The van der Waals surface area contributed by atoms with E-state index < -0.39 is 0 Å². The Kier molecular flexibility index (Phi) is 4.89. The van der Waals surface area contributed by atoms with E-state index in [1.165, 1.54) is 0 Å². The van der Waals surface area contributed by atoms with E-state index in [9.17, 15) is 0 Å². The molecule has 4 heteroatoms. The summed E-state index contributed by atoms with van der Waals surface area (Å²) in [7, 11) is 0. The summed E-state index contributed by atoms with van der Waals surface area (Å²) in [4.78, 5) is 4.76. The van der Waals surface area contributed by atoms with E-state index >= 15 is 0 Å². The van der Waals surface area contributed by atoms with Crippen molar-refractivity contribution in [2.45, 2.75) is 27.0 Å². The maximum atomic E-state index is 6.13. The number of nitrogens with two attached hydrogens (primary N) is 1. The van der Waals surface area contributed by atoms with Crippen LogP contribution >= 0.6 is 0 Å². The molecule has 128 valence electrons. The van der Waals surface area contributed by atoms with E-state index in [4.69, 9.17) is 15.5 Å². The lowest BCUT2D eigenvalue weighted by molar-refractivity contribution is 0.289. The number of para-hydroxylation sites is 1. The van der Waals surface area contributed by atoms with Crippen molar-refractivity contribution in [3.63, 3.8) is 0 Å². The number of ether oxygens (including phenoxy) is 1. The minimum atomic E-state index is 0.386. The first kappa shape index (κ1) is 16.8. The van der Waals surface area contributed by atoms with Gasteiger partial charge in [0.15, 0.2) is 0 Å². The Labute approximate surface area is 147 Å². The topological polar surface area (TPSA) is 53.1 Å². The highest BCUT2D eigenvalue weighted by Gasteiger charge is 2.09. The van der Waals surface area contributed by atoms with Crippen LogP contribution in [0, 0.1) is 10.6 Å². The van der Waals surface area contributed by atoms with Gasteiger partial charge in [-0.15, -0.1) is 0 Å². The molecule has 0 saturated heterocycles. The fourth-order valence-corrected chi connectivity index (χ4v) is 2.91. The van der Waals surface area contributed by atoms with Gasteiger partial charge in [0, 0.05) is 17.5 Å². The van der Waals surface area contributed by atoms with Crippen LogP contribution in [0.4, 0.5) is 0 Å². The van der Waals surface area contributed by atoms with Crippen LogP contribution < -0.4 is 21.0 Å². The lowest BCUT2D eigenvalue weighted by Crippen LogP contribution is -2.16. The number of hydrogen-bond acceptors (Lipinski definition) is 3. The number of hydrogen-bond donors (Lipinski definition) is 1. The van der Waals surface area contributed by atoms with Crippen LogP contribution in [0.1, 0.15) is 19.7 Å². The molecule has 0 fully saturated rings. The first-order chi connectivity index (χ1) is 12.1. The Morgan fingerprint density at radius 1 is 1.12 bits per heavy atom. The minimum absolute atomic E-state index is 0.386. The van der Waals surface area contributed by atoms with Crippen molar-refractivity contribution in [2.75, 3.05) is 0 Å². The zero-order valence-electron chi connectivity index (χ0n) is 14.7. The Balaban J connectivity index is 2.23. The standard InChI is InChI=1S/C21H23N3O/c1-4-24-19(14-25-17-11-6-5-7-12-17)23-20(16(3)22)21(24)18-13-9-8-10-15(18)2/h5-13H,2,4,14,22H2,1,3H3/b20-16-,21-18+. The third kappa shape index (κ3) is 3.43. The number of nitrogens with zero attached hydrogens (tertiary/aromatic N) is 2. The maximum absolute atomic E-state index is 6.13. The average Bonchev–Trinajstić information content (AvgIpc) is 3.00. The molecule has 0 unspecified atom stereocenters. The molecule has 0 saturated carbocycles. The molecule has 4 nitrogen and oxygen atoms in total. The van der Waals surface area contributed by atoms with Crippen molar-refractivity contribution in [2.24, 2.45) is 5.73 Å². The van der Waals surface area contributed by atoms with Crippen molar-refractivity contribution < 1.29 is 4.74 Å². The van der Waals surface area contributed by atoms with Crippen LogP contribution in [0.2, 0.25) is 0 Å². The number of imidazole rings is 1. The van der Waals surface area contributed by atoms with Crippen LogP contribution in [0.15, 0.2) is 54.6 Å². The van der Waals surface area contributed by atoms with E-state index in [1.54, 1.807) is 0 Å². The molecular weight excluding hydrogens is 310 g/mol. The zero-order chi connectivity index (χ0) is 17.8. The SMILES string of the molecule is C=c1cccc/c1=c1/c(=C(\C)N)nc(COc2ccccc2)n1CC. The highest BCUT2D eigenvalue weighted by molar-refractivity contribution is 5.35. The van der Waals surface area contributed by atoms with Gasteiger partial charge in [0.2, 0.25) is 0 Å². The molecule has 3 rings (SSSR count). The second kappa shape index (κ2) is 7.26. The van der Waals surface area contributed by atoms with E-state index in [2.05, 4.69) is 24.1 Å². The van der Waals surface area contributed by atoms with Crippen molar-refractivity contribution in [1.29, 1.82) is 0 Å². The van der Waals surface area contributed by atoms with Gasteiger partial charge >= 0.3 is 0 Å². The van der Waals surface area contributed by atoms with Crippen molar-refractivity contribution >= 4 is 12.3 Å². The maximum Gasteiger partial charge on any atom is 0.148 e. The van der Waals surface area contributed by atoms with Gasteiger partial charge in [-0.3, -0.25) is 0 Å². The molecule has 0 atom stereocenters. The largest absolute Gasteiger partial charge is 0.486 e. The summed E-state index contributed by atoms with van der Waals surface area (Å²) < 4.78 is 8.05. The second-order valence-electron chi connectivity index (χ2n) is 5.91. The van der Waals surface area contributed by atoms with Gasteiger partial charge < -0.3 is 15.0 Å².